The maximum atomic E-state index is 14.1. The third kappa shape index (κ3) is 4.44. The Kier molecular flexibility index (Phi) is 6.19. The van der Waals surface area contributed by atoms with Crippen molar-refractivity contribution in [3.05, 3.63) is 35.9 Å². The summed E-state index contributed by atoms with van der Waals surface area (Å²) in [5.74, 6) is 0. The van der Waals surface area contributed by atoms with Crippen LogP contribution < -0.4 is 0 Å². The molecule has 1 heterocycles. The maximum absolute atomic E-state index is 14.1. The molecule has 1 amide bonds. The monoisotopic (exact) mass is 308 g/mol. The highest BCUT2D eigenvalue weighted by Crippen LogP contribution is 2.22. The minimum atomic E-state index is -1.38. The van der Waals surface area contributed by atoms with Crippen molar-refractivity contribution in [1.82, 2.24) is 9.80 Å². The summed E-state index contributed by atoms with van der Waals surface area (Å²) >= 11 is 0. The molecule has 1 aliphatic rings. The van der Waals surface area contributed by atoms with Crippen molar-refractivity contribution < 1.29 is 14.3 Å². The zero-order valence-corrected chi connectivity index (χ0v) is 13.1. The molecule has 122 valence electrons. The summed E-state index contributed by atoms with van der Waals surface area (Å²) < 4.78 is 14.1. The van der Waals surface area contributed by atoms with Crippen LogP contribution in [0.15, 0.2) is 30.3 Å². The lowest BCUT2D eigenvalue weighted by atomic mass is 10.0. The fourth-order valence-corrected chi connectivity index (χ4v) is 3.08. The normalized spacial score (nSPS) is 18.1. The van der Waals surface area contributed by atoms with E-state index in [2.05, 4.69) is 17.0 Å². The lowest BCUT2D eigenvalue weighted by Crippen LogP contribution is -2.50. The van der Waals surface area contributed by atoms with Crippen LogP contribution in [-0.4, -0.2) is 46.4 Å². The van der Waals surface area contributed by atoms with Crippen molar-refractivity contribution in [3.8, 4) is 0 Å². The third-order valence-corrected chi connectivity index (χ3v) is 4.25. The van der Waals surface area contributed by atoms with Crippen LogP contribution in [0.3, 0.4) is 0 Å². The van der Waals surface area contributed by atoms with Crippen LogP contribution >= 0.6 is 0 Å². The van der Waals surface area contributed by atoms with Gasteiger partial charge in [-0.15, -0.1) is 0 Å². The number of amides is 1. The van der Waals surface area contributed by atoms with E-state index < -0.39 is 12.4 Å². The molecular formula is C17H25FN2O2. The number of alkyl halides is 1. The Bertz CT molecular complexity index is 461. The van der Waals surface area contributed by atoms with Crippen LogP contribution in [0.25, 0.3) is 0 Å². The maximum Gasteiger partial charge on any atom is 0.409 e. The van der Waals surface area contributed by atoms with Crippen LogP contribution in [0, 0.1) is 0 Å². The van der Waals surface area contributed by atoms with Crippen molar-refractivity contribution in [3.63, 3.8) is 0 Å². The number of piperidine rings is 1. The second-order valence-electron chi connectivity index (χ2n) is 5.91. The summed E-state index contributed by atoms with van der Waals surface area (Å²) in [7, 11) is 0. The highest BCUT2D eigenvalue weighted by molar-refractivity contribution is 5.65. The van der Waals surface area contributed by atoms with Gasteiger partial charge in [0.05, 0.1) is 0 Å². The lowest BCUT2D eigenvalue weighted by Gasteiger charge is -2.38. The molecule has 0 radical (unpaired) electrons. The number of benzene rings is 1. The van der Waals surface area contributed by atoms with Crippen molar-refractivity contribution in [2.24, 2.45) is 0 Å². The average molecular weight is 308 g/mol. The van der Waals surface area contributed by atoms with Crippen LogP contribution in [0.4, 0.5) is 9.18 Å². The number of carboxylic acid groups (broad SMARTS) is 1. The number of rotatable bonds is 6. The molecule has 4 nitrogen and oxygen atoms in total. The standard InChI is InChI=1S/C17H25FN2O2/c1-2-6-16(18)20(17(21)22)15-9-11-19(12-10-15)13-14-7-4-3-5-8-14/h3-5,7-8,15-16H,2,6,9-13H2,1H3,(H,21,22). The first-order chi connectivity index (χ1) is 10.6. The van der Waals surface area contributed by atoms with Gasteiger partial charge >= 0.3 is 6.09 Å². The van der Waals surface area contributed by atoms with Gasteiger partial charge in [-0.1, -0.05) is 43.7 Å². The number of nitrogens with zero attached hydrogens (tertiary/aromatic N) is 2. The number of carbonyl (C=O) groups is 1. The van der Waals surface area contributed by atoms with E-state index in [1.54, 1.807) is 0 Å². The van der Waals surface area contributed by atoms with E-state index in [0.29, 0.717) is 19.3 Å². The van der Waals surface area contributed by atoms with Crippen molar-refractivity contribution >= 4 is 6.09 Å². The molecule has 1 fully saturated rings. The quantitative estimate of drug-likeness (QED) is 0.814. The zero-order chi connectivity index (χ0) is 15.9. The summed E-state index contributed by atoms with van der Waals surface area (Å²) in [5, 5.41) is 9.30. The van der Waals surface area contributed by atoms with Crippen LogP contribution in [-0.2, 0) is 6.54 Å². The fourth-order valence-electron chi connectivity index (χ4n) is 3.08. The van der Waals surface area contributed by atoms with Gasteiger partial charge in [-0.25, -0.2) is 9.18 Å². The first kappa shape index (κ1) is 16.7. The molecule has 0 saturated carbocycles. The van der Waals surface area contributed by atoms with Crippen molar-refractivity contribution in [2.45, 2.75) is 51.5 Å². The number of likely N-dealkylation sites (tertiary alicyclic amines) is 1. The van der Waals surface area contributed by atoms with Gasteiger partial charge in [0.2, 0.25) is 0 Å². The number of hydrogen-bond acceptors (Lipinski definition) is 2. The Morgan fingerprint density at radius 1 is 1.36 bits per heavy atom. The predicted octanol–water partition coefficient (Wildman–Crippen LogP) is 3.73. The Labute approximate surface area is 131 Å². The second kappa shape index (κ2) is 8.13. The van der Waals surface area contributed by atoms with Gasteiger partial charge in [-0.2, -0.15) is 0 Å². The molecule has 5 heteroatoms. The fraction of sp³-hybridized carbons (Fsp3) is 0.588. The summed E-state index contributed by atoms with van der Waals surface area (Å²) in [6.45, 7) is 4.36. The number of halogens is 1. The van der Waals surface area contributed by atoms with Gasteiger partial charge < -0.3 is 5.11 Å². The van der Waals surface area contributed by atoms with Gasteiger partial charge in [0, 0.05) is 25.7 Å². The zero-order valence-electron chi connectivity index (χ0n) is 13.1. The molecular weight excluding hydrogens is 283 g/mol. The molecule has 2 rings (SSSR count). The third-order valence-electron chi connectivity index (χ3n) is 4.25. The Hall–Kier alpha value is -1.62. The van der Waals surface area contributed by atoms with Crippen LogP contribution in [0.5, 0.6) is 0 Å². The van der Waals surface area contributed by atoms with Gasteiger partial charge in [-0.3, -0.25) is 9.80 Å². The van der Waals surface area contributed by atoms with Gasteiger partial charge in [0.1, 0.15) is 0 Å². The molecule has 1 N–H and O–H groups in total. The largest absolute Gasteiger partial charge is 0.465 e. The highest BCUT2D eigenvalue weighted by Gasteiger charge is 2.32. The topological polar surface area (TPSA) is 43.8 Å². The lowest BCUT2D eigenvalue weighted by molar-refractivity contribution is 0.0152. The first-order valence-electron chi connectivity index (χ1n) is 8.03. The van der Waals surface area contributed by atoms with Crippen LogP contribution in [0.1, 0.15) is 38.2 Å². The van der Waals surface area contributed by atoms with E-state index in [1.807, 2.05) is 25.1 Å². The minimum Gasteiger partial charge on any atom is -0.465 e. The smallest absolute Gasteiger partial charge is 0.409 e. The van der Waals surface area contributed by atoms with Crippen LogP contribution in [0.2, 0.25) is 0 Å². The summed E-state index contributed by atoms with van der Waals surface area (Å²) in [6.07, 6.45) is -0.198. The predicted molar refractivity (Wildman–Crippen MR) is 84.4 cm³/mol. The molecule has 1 unspecified atom stereocenters. The average Bonchev–Trinajstić information content (AvgIpc) is 2.50. The van der Waals surface area contributed by atoms with E-state index in [0.717, 1.165) is 24.5 Å². The van der Waals surface area contributed by atoms with E-state index >= 15 is 0 Å². The van der Waals surface area contributed by atoms with Crippen molar-refractivity contribution in [1.29, 1.82) is 0 Å². The molecule has 1 aliphatic heterocycles. The molecule has 0 aliphatic carbocycles. The van der Waals surface area contributed by atoms with Gasteiger partial charge in [0.15, 0.2) is 6.30 Å². The minimum absolute atomic E-state index is 0.203. The molecule has 1 aromatic carbocycles. The molecule has 1 aromatic rings. The molecule has 1 saturated heterocycles. The van der Waals surface area contributed by atoms with E-state index in [-0.39, 0.29) is 12.5 Å². The summed E-state index contributed by atoms with van der Waals surface area (Å²) in [5.41, 5.74) is 1.25. The Morgan fingerprint density at radius 2 is 2.00 bits per heavy atom. The molecule has 1 atom stereocenters. The molecule has 22 heavy (non-hydrogen) atoms. The van der Waals surface area contributed by atoms with Crippen molar-refractivity contribution in [2.75, 3.05) is 13.1 Å². The summed E-state index contributed by atoms with van der Waals surface area (Å²) in [4.78, 5) is 14.7. The first-order valence-corrected chi connectivity index (χ1v) is 8.03. The Morgan fingerprint density at radius 3 is 2.55 bits per heavy atom. The highest BCUT2D eigenvalue weighted by atomic mass is 19.1. The molecule has 0 spiro atoms. The Balaban J connectivity index is 1.88. The van der Waals surface area contributed by atoms with E-state index in [4.69, 9.17) is 0 Å². The number of hydrogen-bond donors (Lipinski definition) is 1. The summed E-state index contributed by atoms with van der Waals surface area (Å²) in [6, 6.07) is 10.0. The van der Waals surface area contributed by atoms with E-state index in [1.165, 1.54) is 5.56 Å². The van der Waals surface area contributed by atoms with Gasteiger partial charge in [-0.05, 0) is 24.8 Å². The van der Waals surface area contributed by atoms with Gasteiger partial charge in [0.25, 0.3) is 0 Å². The van der Waals surface area contributed by atoms with E-state index in [9.17, 15) is 14.3 Å². The SMILES string of the molecule is CCCC(F)N(C(=O)O)C1CCN(Cc2ccccc2)CC1. The second-order valence-corrected chi connectivity index (χ2v) is 5.91. The molecule has 0 aromatic heterocycles. The molecule has 0 bridgehead atoms.